The van der Waals surface area contributed by atoms with Crippen LogP contribution in [0.15, 0.2) is 35.7 Å². The molecular weight excluding hydrogens is 369 g/mol. The minimum Gasteiger partial charge on any atom is -0.485 e. The number of methoxy groups -OCH3 is 1. The van der Waals surface area contributed by atoms with Crippen LogP contribution in [-0.4, -0.2) is 42.6 Å². The van der Waals surface area contributed by atoms with E-state index in [1.165, 1.54) is 29.7 Å². The van der Waals surface area contributed by atoms with E-state index in [2.05, 4.69) is 0 Å². The quantitative estimate of drug-likeness (QED) is 0.709. The Morgan fingerprint density at radius 1 is 1.30 bits per heavy atom. The van der Waals surface area contributed by atoms with Gasteiger partial charge in [0.05, 0.1) is 13.7 Å². The molecule has 0 spiro atoms. The molecule has 1 fully saturated rings. The number of likely N-dealkylation sites (tertiary alicyclic amines) is 1. The van der Waals surface area contributed by atoms with E-state index in [0.29, 0.717) is 12.8 Å². The van der Waals surface area contributed by atoms with E-state index >= 15 is 0 Å². The average Bonchev–Trinajstić information content (AvgIpc) is 3.27. The van der Waals surface area contributed by atoms with Crippen molar-refractivity contribution in [3.8, 4) is 5.75 Å². The summed E-state index contributed by atoms with van der Waals surface area (Å²) >= 11 is 1.62. The number of para-hydroxylation sites is 1. The number of halogens is 1. The van der Waals surface area contributed by atoms with Crippen LogP contribution in [0.3, 0.4) is 0 Å². The molecule has 0 unspecified atom stereocenters. The summed E-state index contributed by atoms with van der Waals surface area (Å²) in [6, 6.07) is 7.42. The van der Waals surface area contributed by atoms with Gasteiger partial charge in [0.25, 0.3) is 0 Å². The van der Waals surface area contributed by atoms with Gasteiger partial charge in [-0.3, -0.25) is 4.79 Å². The number of rotatable bonds is 6. The number of hydrogen-bond donors (Lipinski definition) is 0. The van der Waals surface area contributed by atoms with Crippen molar-refractivity contribution in [2.75, 3.05) is 13.7 Å². The van der Waals surface area contributed by atoms with Crippen molar-refractivity contribution in [2.24, 2.45) is 0 Å². The molecule has 0 radical (unpaired) electrons. The molecule has 0 aliphatic carbocycles. The van der Waals surface area contributed by atoms with Gasteiger partial charge in [0.15, 0.2) is 11.6 Å². The molecule has 1 aromatic carbocycles. The fourth-order valence-electron chi connectivity index (χ4n) is 3.26. The van der Waals surface area contributed by atoms with Gasteiger partial charge in [-0.05, 0) is 42.5 Å². The molecule has 144 valence electrons. The normalized spacial score (nSPS) is 19.1. The van der Waals surface area contributed by atoms with Crippen molar-refractivity contribution in [3.05, 3.63) is 52.0 Å². The minimum atomic E-state index is -0.705. The molecule has 1 aromatic heterocycles. The molecule has 27 heavy (non-hydrogen) atoms. The summed E-state index contributed by atoms with van der Waals surface area (Å²) in [4.78, 5) is 27.5. The van der Waals surface area contributed by atoms with Crippen molar-refractivity contribution in [1.82, 2.24) is 4.90 Å². The molecule has 1 aliphatic heterocycles. The van der Waals surface area contributed by atoms with Crippen LogP contribution in [0.25, 0.3) is 0 Å². The van der Waals surface area contributed by atoms with E-state index in [-0.39, 0.29) is 24.6 Å². The Balaban J connectivity index is 1.68. The lowest BCUT2D eigenvalue weighted by Gasteiger charge is -2.22. The molecule has 5 nitrogen and oxygen atoms in total. The van der Waals surface area contributed by atoms with Gasteiger partial charge in [0, 0.05) is 17.7 Å². The number of nitrogens with zero attached hydrogens (tertiary/aromatic N) is 1. The number of esters is 1. The Hall–Kier alpha value is -2.41. The third kappa shape index (κ3) is 4.47. The van der Waals surface area contributed by atoms with E-state index in [4.69, 9.17) is 9.47 Å². The van der Waals surface area contributed by atoms with Gasteiger partial charge >= 0.3 is 5.97 Å². The third-order valence-corrected chi connectivity index (χ3v) is 5.80. The first-order valence-corrected chi connectivity index (χ1v) is 9.69. The van der Waals surface area contributed by atoms with Crippen molar-refractivity contribution in [1.29, 1.82) is 0 Å². The Morgan fingerprint density at radius 2 is 2.07 bits per heavy atom. The maximum absolute atomic E-state index is 13.8. The molecule has 2 aromatic rings. The first-order valence-electron chi connectivity index (χ1n) is 8.81. The summed E-state index contributed by atoms with van der Waals surface area (Å²) in [5.74, 6) is -0.951. The molecule has 2 heterocycles. The second-order valence-electron chi connectivity index (χ2n) is 6.52. The number of ether oxygens (including phenoxy) is 2. The molecule has 1 aliphatic rings. The van der Waals surface area contributed by atoms with Crippen LogP contribution < -0.4 is 4.74 Å². The third-order valence-electron chi connectivity index (χ3n) is 4.72. The van der Waals surface area contributed by atoms with E-state index in [0.717, 1.165) is 4.88 Å². The summed E-state index contributed by atoms with van der Waals surface area (Å²) in [5.41, 5.74) is 1.17. The van der Waals surface area contributed by atoms with Gasteiger partial charge in [-0.25, -0.2) is 9.18 Å². The van der Waals surface area contributed by atoms with Crippen molar-refractivity contribution < 1.29 is 23.5 Å². The average molecular weight is 391 g/mol. The van der Waals surface area contributed by atoms with Gasteiger partial charge in [-0.15, -0.1) is 11.3 Å². The highest BCUT2D eigenvalue weighted by atomic mass is 32.1. The summed E-state index contributed by atoms with van der Waals surface area (Å²) in [6.07, 6.45) is 0.760. The zero-order valence-corrected chi connectivity index (χ0v) is 16.1. The molecule has 1 saturated heterocycles. The second kappa shape index (κ2) is 8.52. The highest BCUT2D eigenvalue weighted by molar-refractivity contribution is 7.10. The van der Waals surface area contributed by atoms with Gasteiger partial charge in [-0.1, -0.05) is 12.1 Å². The lowest BCUT2D eigenvalue weighted by atomic mass is 10.1. The summed E-state index contributed by atoms with van der Waals surface area (Å²) in [5, 5.41) is 2.00. The Bertz CT molecular complexity index is 822. The van der Waals surface area contributed by atoms with Crippen LogP contribution in [0.5, 0.6) is 5.75 Å². The zero-order valence-electron chi connectivity index (χ0n) is 15.3. The maximum atomic E-state index is 13.8. The number of thiophene rings is 1. The van der Waals surface area contributed by atoms with Crippen molar-refractivity contribution >= 4 is 23.2 Å². The smallest absolute Gasteiger partial charge is 0.328 e. The zero-order chi connectivity index (χ0) is 19.4. The van der Waals surface area contributed by atoms with Crippen molar-refractivity contribution in [2.45, 2.75) is 38.3 Å². The molecule has 0 N–H and O–H groups in total. The van der Waals surface area contributed by atoms with Gasteiger partial charge in [0.2, 0.25) is 5.91 Å². The predicted molar refractivity (Wildman–Crippen MR) is 100 cm³/mol. The molecule has 2 atom stereocenters. The molecule has 1 amide bonds. The lowest BCUT2D eigenvalue weighted by molar-refractivity contribution is -0.150. The van der Waals surface area contributed by atoms with E-state index < -0.39 is 23.9 Å². The van der Waals surface area contributed by atoms with Crippen LogP contribution in [0.2, 0.25) is 0 Å². The highest BCUT2D eigenvalue weighted by Gasteiger charge is 2.41. The number of carbonyl (C=O) groups is 2. The maximum Gasteiger partial charge on any atom is 0.328 e. The van der Waals surface area contributed by atoms with Crippen molar-refractivity contribution in [3.63, 3.8) is 0 Å². The van der Waals surface area contributed by atoms with Crippen LogP contribution in [0.4, 0.5) is 4.39 Å². The largest absolute Gasteiger partial charge is 0.485 e. The Morgan fingerprint density at radius 3 is 2.74 bits per heavy atom. The van der Waals surface area contributed by atoms with Gasteiger partial charge < -0.3 is 14.4 Å². The lowest BCUT2D eigenvalue weighted by Crippen LogP contribution is -2.41. The molecule has 7 heteroatoms. The molecule has 3 rings (SSSR count). The summed E-state index contributed by atoms with van der Waals surface area (Å²) in [6.45, 7) is 2.25. The van der Waals surface area contributed by atoms with E-state index in [1.807, 2.05) is 18.4 Å². The van der Waals surface area contributed by atoms with Crippen LogP contribution >= 0.6 is 11.3 Å². The summed E-state index contributed by atoms with van der Waals surface area (Å²) < 4.78 is 24.4. The molecular formula is C20H22FNO4S. The number of aryl methyl sites for hydroxylation is 2. The Labute approximate surface area is 161 Å². The number of hydrogen-bond acceptors (Lipinski definition) is 5. The monoisotopic (exact) mass is 391 g/mol. The standard InChI is InChI=1S/C20H22FNO4S/c1-13-9-10-27-18(13)7-8-19(23)22-12-14(11-16(22)20(24)25-2)26-17-6-4-3-5-15(17)21/h3-6,9-10,14,16H,7-8,11-12H2,1-2H3/t14-,16-/m1/s1. The van der Waals surface area contributed by atoms with E-state index in [9.17, 15) is 14.0 Å². The second-order valence-corrected chi connectivity index (χ2v) is 7.52. The first kappa shape index (κ1) is 19.4. The number of carbonyl (C=O) groups excluding carboxylic acids is 2. The molecule has 0 bridgehead atoms. The number of benzene rings is 1. The van der Waals surface area contributed by atoms with Gasteiger partial charge in [-0.2, -0.15) is 0 Å². The predicted octanol–water partition coefficient (Wildman–Crippen LogP) is 3.35. The highest BCUT2D eigenvalue weighted by Crippen LogP contribution is 2.27. The fraction of sp³-hybridized carbons (Fsp3) is 0.400. The number of amides is 1. The Kier molecular flexibility index (Phi) is 6.11. The molecule has 0 saturated carbocycles. The van der Waals surface area contributed by atoms with Crippen LogP contribution in [0.1, 0.15) is 23.3 Å². The van der Waals surface area contributed by atoms with E-state index in [1.54, 1.807) is 23.5 Å². The topological polar surface area (TPSA) is 55.8 Å². The SMILES string of the molecule is COC(=O)[C@H]1C[C@@H](Oc2ccccc2F)CN1C(=O)CCc1sccc1C. The van der Waals surface area contributed by atoms with Gasteiger partial charge in [0.1, 0.15) is 12.1 Å². The first-order chi connectivity index (χ1) is 13.0. The fourth-order valence-corrected chi connectivity index (χ4v) is 4.17. The van der Waals surface area contributed by atoms with Crippen LogP contribution in [0, 0.1) is 12.7 Å². The summed E-state index contributed by atoms with van der Waals surface area (Å²) in [7, 11) is 1.30. The van der Waals surface area contributed by atoms with Crippen LogP contribution in [-0.2, 0) is 20.7 Å². The minimum absolute atomic E-state index is 0.120.